The van der Waals surface area contributed by atoms with E-state index in [2.05, 4.69) is 4.98 Å². The van der Waals surface area contributed by atoms with Crippen LogP contribution in [0, 0.1) is 0 Å². The number of sulfonamides is 1. The van der Waals surface area contributed by atoms with Crippen molar-refractivity contribution in [2.75, 3.05) is 6.54 Å². The summed E-state index contributed by atoms with van der Waals surface area (Å²) in [6.45, 7) is 2.66. The van der Waals surface area contributed by atoms with E-state index in [0.717, 1.165) is 25.7 Å². The SMILES string of the molecule is CCC1CCCCN1S(=O)(=O)c1cn(C)cn1. The smallest absolute Gasteiger partial charge is 0.262 e. The first kappa shape index (κ1) is 12.6. The lowest BCUT2D eigenvalue weighted by Gasteiger charge is -2.33. The van der Waals surface area contributed by atoms with Crippen LogP contribution in [0.1, 0.15) is 32.6 Å². The normalized spacial score (nSPS) is 22.8. The molecule has 1 saturated heterocycles. The van der Waals surface area contributed by atoms with Crippen LogP contribution in [-0.4, -0.2) is 34.9 Å². The van der Waals surface area contributed by atoms with Crippen LogP contribution in [0.25, 0.3) is 0 Å². The predicted molar refractivity (Wildman–Crippen MR) is 65.0 cm³/mol. The molecular weight excluding hydrogens is 238 g/mol. The van der Waals surface area contributed by atoms with E-state index in [4.69, 9.17) is 0 Å². The van der Waals surface area contributed by atoms with E-state index >= 15 is 0 Å². The van der Waals surface area contributed by atoms with Crippen molar-refractivity contribution < 1.29 is 8.42 Å². The molecule has 1 aliphatic heterocycles. The van der Waals surface area contributed by atoms with E-state index in [9.17, 15) is 8.42 Å². The highest BCUT2D eigenvalue weighted by molar-refractivity contribution is 7.89. The number of imidazole rings is 1. The largest absolute Gasteiger partial charge is 0.339 e. The van der Waals surface area contributed by atoms with Gasteiger partial charge < -0.3 is 4.57 Å². The first-order valence-electron chi connectivity index (χ1n) is 6.05. The van der Waals surface area contributed by atoms with Gasteiger partial charge in [-0.05, 0) is 19.3 Å². The summed E-state index contributed by atoms with van der Waals surface area (Å²) in [5, 5.41) is 0.167. The average molecular weight is 257 g/mol. The summed E-state index contributed by atoms with van der Waals surface area (Å²) >= 11 is 0. The monoisotopic (exact) mass is 257 g/mol. The average Bonchev–Trinajstić information content (AvgIpc) is 2.76. The minimum absolute atomic E-state index is 0.135. The van der Waals surface area contributed by atoms with E-state index in [1.807, 2.05) is 6.92 Å². The highest BCUT2D eigenvalue weighted by Crippen LogP contribution is 2.25. The van der Waals surface area contributed by atoms with Crippen molar-refractivity contribution in [2.45, 2.75) is 43.7 Å². The maximum atomic E-state index is 12.4. The standard InChI is InChI=1S/C11H19N3O2S/c1-3-10-6-4-5-7-14(10)17(15,16)11-8-13(2)9-12-11/h8-10H,3-7H2,1-2H3. The van der Waals surface area contributed by atoms with Crippen molar-refractivity contribution in [1.82, 2.24) is 13.9 Å². The van der Waals surface area contributed by atoms with Crippen LogP contribution in [0.15, 0.2) is 17.6 Å². The topological polar surface area (TPSA) is 55.2 Å². The first-order chi connectivity index (χ1) is 8.05. The fourth-order valence-electron chi connectivity index (χ4n) is 2.34. The molecule has 0 spiro atoms. The number of hydrogen-bond acceptors (Lipinski definition) is 3. The van der Waals surface area contributed by atoms with Gasteiger partial charge in [0, 0.05) is 25.8 Å². The second-order valence-electron chi connectivity index (χ2n) is 4.55. The molecule has 1 unspecified atom stereocenters. The van der Waals surface area contributed by atoms with Gasteiger partial charge in [0.15, 0.2) is 5.03 Å². The molecule has 1 aromatic heterocycles. The van der Waals surface area contributed by atoms with Crippen molar-refractivity contribution in [3.63, 3.8) is 0 Å². The molecule has 0 amide bonds. The lowest BCUT2D eigenvalue weighted by Crippen LogP contribution is -2.43. The molecule has 96 valence electrons. The van der Waals surface area contributed by atoms with Gasteiger partial charge >= 0.3 is 0 Å². The zero-order valence-electron chi connectivity index (χ0n) is 10.3. The Morgan fingerprint density at radius 3 is 2.82 bits per heavy atom. The second-order valence-corrected chi connectivity index (χ2v) is 6.39. The molecule has 2 rings (SSSR count). The minimum atomic E-state index is -3.40. The summed E-state index contributed by atoms with van der Waals surface area (Å²) in [5.41, 5.74) is 0. The lowest BCUT2D eigenvalue weighted by molar-refractivity contribution is 0.246. The van der Waals surface area contributed by atoms with Gasteiger partial charge in [0.05, 0.1) is 6.33 Å². The number of nitrogens with zero attached hydrogens (tertiary/aromatic N) is 3. The van der Waals surface area contributed by atoms with E-state index in [-0.39, 0.29) is 11.1 Å². The molecule has 0 aromatic carbocycles. The molecule has 0 N–H and O–H groups in total. The number of aryl methyl sites for hydroxylation is 1. The fraction of sp³-hybridized carbons (Fsp3) is 0.727. The van der Waals surface area contributed by atoms with Crippen LogP contribution in [0.5, 0.6) is 0 Å². The Labute approximate surface area is 103 Å². The van der Waals surface area contributed by atoms with Gasteiger partial charge in [-0.3, -0.25) is 0 Å². The molecule has 0 saturated carbocycles. The molecule has 6 heteroatoms. The van der Waals surface area contributed by atoms with Gasteiger partial charge in [-0.2, -0.15) is 4.31 Å². The van der Waals surface area contributed by atoms with Crippen LogP contribution in [0.2, 0.25) is 0 Å². The summed E-state index contributed by atoms with van der Waals surface area (Å²) in [6, 6.07) is 0.135. The van der Waals surface area contributed by atoms with Crippen LogP contribution in [-0.2, 0) is 17.1 Å². The van der Waals surface area contributed by atoms with Crippen molar-refractivity contribution in [3.05, 3.63) is 12.5 Å². The number of hydrogen-bond donors (Lipinski definition) is 0. The Kier molecular flexibility index (Phi) is 3.53. The third-order valence-corrected chi connectivity index (χ3v) is 5.14. The van der Waals surface area contributed by atoms with Gasteiger partial charge in [0.25, 0.3) is 10.0 Å². The zero-order chi connectivity index (χ0) is 12.5. The molecule has 0 bridgehead atoms. The fourth-order valence-corrected chi connectivity index (χ4v) is 4.08. The number of rotatable bonds is 3. The van der Waals surface area contributed by atoms with Crippen LogP contribution >= 0.6 is 0 Å². The van der Waals surface area contributed by atoms with Gasteiger partial charge in [0.2, 0.25) is 0 Å². The van der Waals surface area contributed by atoms with Crippen LogP contribution in [0.4, 0.5) is 0 Å². The maximum absolute atomic E-state index is 12.4. The molecule has 1 atom stereocenters. The van der Waals surface area contributed by atoms with Crippen molar-refractivity contribution in [3.8, 4) is 0 Å². The molecule has 17 heavy (non-hydrogen) atoms. The molecular formula is C11H19N3O2S. The Bertz CT molecular complexity index is 481. The van der Waals surface area contributed by atoms with E-state index < -0.39 is 10.0 Å². The van der Waals surface area contributed by atoms with Gasteiger partial charge in [-0.25, -0.2) is 13.4 Å². The van der Waals surface area contributed by atoms with Gasteiger partial charge in [-0.1, -0.05) is 13.3 Å². The summed E-state index contributed by atoms with van der Waals surface area (Å²) in [5.74, 6) is 0. The molecule has 1 aromatic rings. The molecule has 1 aliphatic rings. The zero-order valence-corrected chi connectivity index (χ0v) is 11.2. The summed E-state index contributed by atoms with van der Waals surface area (Å²) in [6.07, 6.45) is 6.98. The van der Waals surface area contributed by atoms with Crippen LogP contribution in [0.3, 0.4) is 0 Å². The molecule has 0 radical (unpaired) electrons. The molecule has 0 aliphatic carbocycles. The quantitative estimate of drug-likeness (QED) is 0.822. The molecule has 5 nitrogen and oxygen atoms in total. The maximum Gasteiger partial charge on any atom is 0.262 e. The summed E-state index contributed by atoms with van der Waals surface area (Å²) in [4.78, 5) is 3.96. The van der Waals surface area contributed by atoms with Crippen molar-refractivity contribution in [2.24, 2.45) is 7.05 Å². The molecule has 2 heterocycles. The highest BCUT2D eigenvalue weighted by atomic mass is 32.2. The van der Waals surface area contributed by atoms with Gasteiger partial charge in [0.1, 0.15) is 0 Å². The third kappa shape index (κ3) is 2.37. The first-order valence-corrected chi connectivity index (χ1v) is 7.49. The third-order valence-electron chi connectivity index (χ3n) is 3.30. The Balaban J connectivity index is 2.30. The highest BCUT2D eigenvalue weighted by Gasteiger charge is 2.33. The van der Waals surface area contributed by atoms with Crippen molar-refractivity contribution in [1.29, 1.82) is 0 Å². The van der Waals surface area contributed by atoms with E-state index in [0.29, 0.717) is 6.54 Å². The Morgan fingerprint density at radius 2 is 2.24 bits per heavy atom. The number of piperidine rings is 1. The lowest BCUT2D eigenvalue weighted by atomic mass is 10.0. The molecule has 1 fully saturated rings. The predicted octanol–water partition coefficient (Wildman–Crippen LogP) is 1.37. The van der Waals surface area contributed by atoms with E-state index in [1.165, 1.54) is 6.33 Å². The van der Waals surface area contributed by atoms with Crippen molar-refractivity contribution >= 4 is 10.0 Å². The minimum Gasteiger partial charge on any atom is -0.339 e. The number of aromatic nitrogens is 2. The van der Waals surface area contributed by atoms with E-state index in [1.54, 1.807) is 22.1 Å². The Hall–Kier alpha value is -0.880. The Morgan fingerprint density at radius 1 is 1.47 bits per heavy atom. The van der Waals surface area contributed by atoms with Gasteiger partial charge in [-0.15, -0.1) is 0 Å². The van der Waals surface area contributed by atoms with Crippen LogP contribution < -0.4 is 0 Å². The summed E-state index contributed by atoms with van der Waals surface area (Å²) in [7, 11) is -1.62. The second kappa shape index (κ2) is 4.78. The summed E-state index contributed by atoms with van der Waals surface area (Å²) < 4.78 is 28.1.